The first kappa shape index (κ1) is 20.1. The summed E-state index contributed by atoms with van der Waals surface area (Å²) in [7, 11) is 0. The predicted octanol–water partition coefficient (Wildman–Crippen LogP) is 1.98. The molecule has 0 amide bonds. The van der Waals surface area contributed by atoms with E-state index in [1.54, 1.807) is 45.9 Å². The van der Waals surface area contributed by atoms with E-state index in [0.717, 1.165) is 0 Å². The minimum Gasteiger partial charge on any atom is -0.454 e. The maximum Gasteiger partial charge on any atom is 0.334 e. The van der Waals surface area contributed by atoms with Gasteiger partial charge in [-0.3, -0.25) is 0 Å². The summed E-state index contributed by atoms with van der Waals surface area (Å²) < 4.78 is 10.8. The highest BCUT2D eigenvalue weighted by atomic mass is 16.6. The van der Waals surface area contributed by atoms with Gasteiger partial charge in [0.1, 0.15) is 18.3 Å². The number of aliphatic hydroxyl groups is 2. The van der Waals surface area contributed by atoms with Crippen molar-refractivity contribution in [2.75, 3.05) is 0 Å². The Hall–Kier alpha value is -2.18. The molecule has 0 aromatic carbocycles. The Bertz CT molecular complexity index is 699. The number of rotatable bonds is 2. The Kier molecular flexibility index (Phi) is 6.21. The largest absolute Gasteiger partial charge is 0.454 e. The van der Waals surface area contributed by atoms with Gasteiger partial charge in [-0.25, -0.2) is 9.59 Å². The molecule has 1 aliphatic heterocycles. The van der Waals surface area contributed by atoms with Gasteiger partial charge in [0, 0.05) is 11.1 Å². The second-order valence-electron chi connectivity index (χ2n) is 6.82. The lowest BCUT2D eigenvalue weighted by molar-refractivity contribution is -0.150. The van der Waals surface area contributed by atoms with Crippen LogP contribution in [0.25, 0.3) is 0 Å². The van der Waals surface area contributed by atoms with Crippen LogP contribution in [0.1, 0.15) is 34.1 Å². The van der Waals surface area contributed by atoms with Crippen molar-refractivity contribution >= 4 is 11.9 Å². The van der Waals surface area contributed by atoms with Crippen LogP contribution in [0.4, 0.5) is 0 Å². The summed E-state index contributed by atoms with van der Waals surface area (Å²) in [6, 6.07) is 0. The van der Waals surface area contributed by atoms with Crippen LogP contribution in [0, 0.1) is 5.92 Å². The van der Waals surface area contributed by atoms with Gasteiger partial charge in [-0.1, -0.05) is 18.7 Å². The highest BCUT2D eigenvalue weighted by Crippen LogP contribution is 2.35. The number of carbonyl (C=O) groups is 2. The normalized spacial score (nSPS) is 37.0. The third kappa shape index (κ3) is 3.97. The SMILES string of the molecule is C=C1C(=O)OC2/C=C(\C)C(O)C/C=C(\C)C(OC(=O)/C(C)=C/C)C(O)C12. The summed E-state index contributed by atoms with van der Waals surface area (Å²) in [6.45, 7) is 10.5. The fourth-order valence-electron chi connectivity index (χ4n) is 3.06. The van der Waals surface area contributed by atoms with Crippen LogP contribution in [0.3, 0.4) is 0 Å². The Morgan fingerprint density at radius 2 is 2.00 bits per heavy atom. The molecule has 26 heavy (non-hydrogen) atoms. The topological polar surface area (TPSA) is 93.1 Å². The Morgan fingerprint density at radius 3 is 2.62 bits per heavy atom. The summed E-state index contributed by atoms with van der Waals surface area (Å²) in [5, 5.41) is 21.2. The Labute approximate surface area is 153 Å². The molecule has 0 aromatic rings. The number of carbonyl (C=O) groups excluding carboxylic acids is 2. The summed E-state index contributed by atoms with van der Waals surface area (Å²) in [4.78, 5) is 24.2. The third-order valence-electron chi connectivity index (χ3n) is 4.99. The Balaban J connectivity index is 2.46. The van der Waals surface area contributed by atoms with E-state index in [1.165, 1.54) is 0 Å². The molecule has 1 saturated heterocycles. The molecule has 6 nitrogen and oxygen atoms in total. The average Bonchev–Trinajstić information content (AvgIpc) is 2.88. The molecule has 0 radical (unpaired) electrons. The van der Waals surface area contributed by atoms with E-state index in [0.29, 0.717) is 23.1 Å². The molecule has 5 unspecified atom stereocenters. The molecule has 1 aliphatic carbocycles. The molecule has 0 aromatic heterocycles. The lowest BCUT2D eigenvalue weighted by Crippen LogP contribution is -2.42. The minimum atomic E-state index is -1.21. The van der Waals surface area contributed by atoms with E-state index < -0.39 is 42.3 Å². The molecule has 5 atom stereocenters. The highest BCUT2D eigenvalue weighted by molar-refractivity contribution is 5.91. The average molecular weight is 362 g/mol. The fourth-order valence-corrected chi connectivity index (χ4v) is 3.06. The summed E-state index contributed by atoms with van der Waals surface area (Å²) >= 11 is 0. The van der Waals surface area contributed by atoms with Gasteiger partial charge in [-0.2, -0.15) is 0 Å². The number of allylic oxidation sites excluding steroid dienone is 1. The monoisotopic (exact) mass is 362 g/mol. The van der Waals surface area contributed by atoms with E-state index in [4.69, 9.17) is 9.47 Å². The first-order chi connectivity index (χ1) is 12.2. The van der Waals surface area contributed by atoms with Crippen LogP contribution >= 0.6 is 0 Å². The van der Waals surface area contributed by atoms with Crippen molar-refractivity contribution in [2.45, 2.75) is 58.5 Å². The summed E-state index contributed by atoms with van der Waals surface area (Å²) in [5.74, 6) is -1.93. The van der Waals surface area contributed by atoms with Gasteiger partial charge in [0.2, 0.25) is 0 Å². The lowest BCUT2D eigenvalue weighted by atomic mass is 9.83. The Morgan fingerprint density at radius 1 is 1.35 bits per heavy atom. The predicted molar refractivity (Wildman–Crippen MR) is 96.0 cm³/mol. The van der Waals surface area contributed by atoms with Crippen LogP contribution < -0.4 is 0 Å². The van der Waals surface area contributed by atoms with Gasteiger partial charge >= 0.3 is 11.9 Å². The second-order valence-corrected chi connectivity index (χ2v) is 6.82. The van der Waals surface area contributed by atoms with Gasteiger partial charge in [0.25, 0.3) is 0 Å². The molecule has 2 rings (SSSR count). The molecular weight excluding hydrogens is 336 g/mol. The van der Waals surface area contributed by atoms with E-state index in [2.05, 4.69) is 6.58 Å². The molecule has 2 N–H and O–H groups in total. The van der Waals surface area contributed by atoms with Crippen LogP contribution in [0.5, 0.6) is 0 Å². The first-order valence-electron chi connectivity index (χ1n) is 8.62. The second kappa shape index (κ2) is 8.01. The van der Waals surface area contributed by atoms with E-state index in [9.17, 15) is 19.8 Å². The van der Waals surface area contributed by atoms with Gasteiger partial charge in [-0.15, -0.1) is 0 Å². The molecule has 6 heteroatoms. The first-order valence-corrected chi connectivity index (χ1v) is 8.62. The number of esters is 2. The van der Waals surface area contributed by atoms with Gasteiger partial charge < -0.3 is 19.7 Å². The van der Waals surface area contributed by atoms with Crippen LogP contribution in [-0.4, -0.2) is 46.6 Å². The summed E-state index contributed by atoms with van der Waals surface area (Å²) in [6.07, 6.45) is 1.56. The van der Waals surface area contributed by atoms with Crippen molar-refractivity contribution < 1.29 is 29.3 Å². The van der Waals surface area contributed by atoms with Gasteiger partial charge in [-0.05, 0) is 51.3 Å². The zero-order valence-corrected chi connectivity index (χ0v) is 15.6. The van der Waals surface area contributed by atoms with E-state index in [1.807, 2.05) is 0 Å². The standard InChI is InChI=1S/C20H26O6/c1-6-10(2)19(23)26-18-11(3)7-8-14(21)12(4)9-15-16(17(18)22)13(5)20(24)25-15/h6-7,9,14-18,21-22H,5,8H2,1-4H3/b10-6+,11-7+,12-9+. The number of fused-ring (bicyclic) bond motifs is 1. The molecule has 142 valence electrons. The van der Waals surface area contributed by atoms with E-state index in [-0.39, 0.29) is 5.57 Å². The smallest absolute Gasteiger partial charge is 0.334 e. The van der Waals surface area contributed by atoms with Gasteiger partial charge in [0.15, 0.2) is 0 Å². The molecule has 2 aliphatic rings. The summed E-state index contributed by atoms with van der Waals surface area (Å²) in [5.41, 5.74) is 1.76. The molecule has 0 spiro atoms. The van der Waals surface area contributed by atoms with Crippen molar-refractivity contribution in [3.8, 4) is 0 Å². The highest BCUT2D eigenvalue weighted by Gasteiger charge is 2.46. The van der Waals surface area contributed by atoms with Gasteiger partial charge in [0.05, 0.1) is 12.0 Å². The number of ether oxygens (including phenoxy) is 2. The van der Waals surface area contributed by atoms with Crippen molar-refractivity contribution in [2.24, 2.45) is 5.92 Å². The van der Waals surface area contributed by atoms with Crippen LogP contribution in [0.15, 0.2) is 47.1 Å². The van der Waals surface area contributed by atoms with Crippen molar-refractivity contribution in [3.05, 3.63) is 47.1 Å². The number of aliphatic hydroxyl groups excluding tert-OH is 2. The van der Waals surface area contributed by atoms with Crippen molar-refractivity contribution in [1.29, 1.82) is 0 Å². The zero-order chi connectivity index (χ0) is 19.6. The maximum atomic E-state index is 12.2. The van der Waals surface area contributed by atoms with E-state index >= 15 is 0 Å². The minimum absolute atomic E-state index is 0.123. The van der Waals surface area contributed by atoms with Crippen LogP contribution in [-0.2, 0) is 19.1 Å². The zero-order valence-electron chi connectivity index (χ0n) is 15.6. The third-order valence-corrected chi connectivity index (χ3v) is 4.99. The molecule has 1 heterocycles. The molecular formula is C20H26O6. The molecule has 0 saturated carbocycles. The maximum absolute atomic E-state index is 12.2. The fraction of sp³-hybridized carbons (Fsp3) is 0.500. The number of hydrogen-bond donors (Lipinski definition) is 2. The molecule has 1 fully saturated rings. The van der Waals surface area contributed by atoms with Crippen molar-refractivity contribution in [3.63, 3.8) is 0 Å². The number of hydrogen-bond acceptors (Lipinski definition) is 6. The molecule has 0 bridgehead atoms. The quantitative estimate of drug-likeness (QED) is 0.443. The van der Waals surface area contributed by atoms with Crippen molar-refractivity contribution in [1.82, 2.24) is 0 Å². The lowest BCUT2D eigenvalue weighted by Gasteiger charge is -2.31. The van der Waals surface area contributed by atoms with Crippen LogP contribution in [0.2, 0.25) is 0 Å².